The number of benzene rings is 2. The fraction of sp³-hybridized carbons (Fsp3) is 0.346. The van der Waals surface area contributed by atoms with Crippen LogP contribution in [0.4, 0.5) is 0 Å². The third-order valence-electron chi connectivity index (χ3n) is 7.72. The maximum atomic E-state index is 14.0. The van der Waals surface area contributed by atoms with Gasteiger partial charge in [0.2, 0.25) is 0 Å². The van der Waals surface area contributed by atoms with Gasteiger partial charge in [0.1, 0.15) is 0 Å². The molecule has 0 radical (unpaired) electrons. The maximum Gasteiger partial charge on any atom is 0.259 e. The summed E-state index contributed by atoms with van der Waals surface area (Å²) in [5.74, 6) is 0. The molecule has 0 atom stereocenters. The first kappa shape index (κ1) is 18.7. The van der Waals surface area contributed by atoms with Gasteiger partial charge in [0.25, 0.3) is 5.56 Å². The molecule has 0 saturated heterocycles. The van der Waals surface area contributed by atoms with Crippen LogP contribution in [0.3, 0.4) is 0 Å². The van der Waals surface area contributed by atoms with Gasteiger partial charge in [0, 0.05) is 16.7 Å². The van der Waals surface area contributed by atoms with Crippen molar-refractivity contribution in [2.24, 2.45) is 5.41 Å². The Hall–Kier alpha value is -2.61. The Kier molecular flexibility index (Phi) is 3.98. The van der Waals surface area contributed by atoms with Crippen LogP contribution in [-0.4, -0.2) is 4.57 Å². The minimum absolute atomic E-state index is 0.0503. The number of rotatable bonds is 2. The highest BCUT2D eigenvalue weighted by atomic mass is 16.1. The number of fused-ring (bicyclic) bond motifs is 1. The second-order valence-corrected chi connectivity index (χ2v) is 9.54. The SMILES string of the molecule is CC1(C)c2cc(-c3ccccc3)n(-c3ccccc3)c(=O)c2C(C)(C)C1(C)C. The van der Waals surface area contributed by atoms with Crippen molar-refractivity contribution in [3.63, 3.8) is 0 Å². The highest BCUT2D eigenvalue weighted by molar-refractivity contribution is 5.66. The van der Waals surface area contributed by atoms with Crippen LogP contribution in [0.2, 0.25) is 0 Å². The summed E-state index contributed by atoms with van der Waals surface area (Å²) < 4.78 is 1.90. The zero-order valence-corrected chi connectivity index (χ0v) is 17.7. The summed E-state index contributed by atoms with van der Waals surface area (Å²) in [5, 5.41) is 0. The van der Waals surface area contributed by atoms with Gasteiger partial charge in [0.05, 0.1) is 5.69 Å². The molecule has 0 amide bonds. The van der Waals surface area contributed by atoms with Crippen molar-refractivity contribution in [2.45, 2.75) is 52.4 Å². The van der Waals surface area contributed by atoms with Crippen LogP contribution in [0.15, 0.2) is 71.5 Å². The Balaban J connectivity index is 2.17. The summed E-state index contributed by atoms with van der Waals surface area (Å²) in [5.41, 5.74) is 4.77. The summed E-state index contributed by atoms with van der Waals surface area (Å²) >= 11 is 0. The van der Waals surface area contributed by atoms with Gasteiger partial charge in [-0.2, -0.15) is 0 Å². The van der Waals surface area contributed by atoms with Gasteiger partial charge in [-0.15, -0.1) is 0 Å². The third-order valence-corrected chi connectivity index (χ3v) is 7.72. The summed E-state index contributed by atoms with van der Waals surface area (Å²) in [6.07, 6.45) is 0. The van der Waals surface area contributed by atoms with Crippen LogP contribution in [-0.2, 0) is 10.8 Å². The zero-order chi connectivity index (χ0) is 20.3. The highest BCUT2D eigenvalue weighted by Crippen LogP contribution is 2.60. The number of hydrogen-bond donors (Lipinski definition) is 0. The second-order valence-electron chi connectivity index (χ2n) is 9.54. The molecule has 2 nitrogen and oxygen atoms in total. The van der Waals surface area contributed by atoms with E-state index in [0.29, 0.717) is 0 Å². The molecule has 1 aromatic heterocycles. The van der Waals surface area contributed by atoms with Gasteiger partial charge in [-0.05, 0) is 40.2 Å². The van der Waals surface area contributed by atoms with E-state index in [2.05, 4.69) is 59.7 Å². The van der Waals surface area contributed by atoms with Crippen LogP contribution < -0.4 is 5.56 Å². The van der Waals surface area contributed by atoms with Gasteiger partial charge < -0.3 is 0 Å². The zero-order valence-electron chi connectivity index (χ0n) is 17.7. The molecule has 2 heteroatoms. The van der Waals surface area contributed by atoms with Crippen LogP contribution in [0.5, 0.6) is 0 Å². The number of pyridine rings is 1. The molecule has 1 aliphatic carbocycles. The molecule has 1 heterocycles. The number of nitrogens with zero attached hydrogens (tertiary/aromatic N) is 1. The molecule has 28 heavy (non-hydrogen) atoms. The maximum absolute atomic E-state index is 14.0. The lowest BCUT2D eigenvalue weighted by Gasteiger charge is -2.44. The van der Waals surface area contributed by atoms with E-state index in [0.717, 1.165) is 22.5 Å². The average molecular weight is 372 g/mol. The minimum Gasteiger partial charge on any atom is -0.277 e. The van der Waals surface area contributed by atoms with E-state index in [-0.39, 0.29) is 21.8 Å². The van der Waals surface area contributed by atoms with Crippen LogP contribution in [0.1, 0.15) is 52.7 Å². The lowest BCUT2D eigenvalue weighted by molar-refractivity contribution is 0.124. The monoisotopic (exact) mass is 371 g/mol. The number of hydrogen-bond acceptors (Lipinski definition) is 1. The fourth-order valence-electron chi connectivity index (χ4n) is 4.79. The van der Waals surface area contributed by atoms with E-state index in [1.165, 1.54) is 5.56 Å². The quantitative estimate of drug-likeness (QED) is 0.533. The molecule has 3 aromatic rings. The third kappa shape index (κ3) is 2.30. The highest BCUT2D eigenvalue weighted by Gasteiger charge is 2.58. The molecule has 0 aliphatic heterocycles. The van der Waals surface area contributed by atoms with Crippen molar-refractivity contribution in [3.05, 3.63) is 88.2 Å². The van der Waals surface area contributed by atoms with Crippen LogP contribution in [0.25, 0.3) is 16.9 Å². The van der Waals surface area contributed by atoms with E-state index in [4.69, 9.17) is 0 Å². The van der Waals surface area contributed by atoms with Gasteiger partial charge in [-0.25, -0.2) is 0 Å². The van der Waals surface area contributed by atoms with Crippen molar-refractivity contribution in [2.75, 3.05) is 0 Å². The normalized spacial score (nSPS) is 18.6. The Labute approximate surface area is 167 Å². The van der Waals surface area contributed by atoms with Crippen molar-refractivity contribution in [3.8, 4) is 16.9 Å². The Morgan fingerprint density at radius 3 is 1.82 bits per heavy atom. The summed E-state index contributed by atoms with van der Waals surface area (Å²) in [6.45, 7) is 13.6. The molecule has 0 bridgehead atoms. The topological polar surface area (TPSA) is 22.0 Å². The smallest absolute Gasteiger partial charge is 0.259 e. The molecule has 0 N–H and O–H groups in total. The summed E-state index contributed by atoms with van der Waals surface area (Å²) in [6, 6.07) is 22.5. The number of aromatic nitrogens is 1. The van der Waals surface area contributed by atoms with Crippen molar-refractivity contribution in [1.29, 1.82) is 0 Å². The van der Waals surface area contributed by atoms with Crippen LogP contribution >= 0.6 is 0 Å². The second kappa shape index (κ2) is 5.94. The van der Waals surface area contributed by atoms with E-state index in [9.17, 15) is 4.79 Å². The predicted molar refractivity (Wildman–Crippen MR) is 117 cm³/mol. The lowest BCUT2D eigenvalue weighted by atomic mass is 9.59. The molecule has 0 spiro atoms. The summed E-state index contributed by atoms with van der Waals surface area (Å²) in [7, 11) is 0. The predicted octanol–water partition coefficient (Wildman–Crippen LogP) is 6.10. The molecule has 4 rings (SSSR count). The van der Waals surface area contributed by atoms with Gasteiger partial charge in [0.15, 0.2) is 0 Å². The van der Waals surface area contributed by atoms with E-state index < -0.39 is 0 Å². The molecule has 0 fully saturated rings. The van der Waals surface area contributed by atoms with Gasteiger partial charge >= 0.3 is 0 Å². The van der Waals surface area contributed by atoms with Crippen molar-refractivity contribution < 1.29 is 0 Å². The first-order valence-electron chi connectivity index (χ1n) is 10.0. The molecular formula is C26H29NO. The van der Waals surface area contributed by atoms with Gasteiger partial charge in [-0.1, -0.05) is 90.1 Å². The van der Waals surface area contributed by atoms with Crippen molar-refractivity contribution >= 4 is 0 Å². The van der Waals surface area contributed by atoms with E-state index in [1.54, 1.807) is 0 Å². The molecule has 1 aliphatic rings. The Bertz CT molecular complexity index is 1090. The molecule has 2 aromatic carbocycles. The van der Waals surface area contributed by atoms with Crippen molar-refractivity contribution in [1.82, 2.24) is 4.57 Å². The first-order valence-corrected chi connectivity index (χ1v) is 10.0. The average Bonchev–Trinajstić information content (AvgIpc) is 2.77. The molecular weight excluding hydrogens is 342 g/mol. The first-order chi connectivity index (χ1) is 13.1. The fourth-order valence-corrected chi connectivity index (χ4v) is 4.79. The standard InChI is InChI=1S/C26H29NO/c1-24(2)20-17-21(18-13-9-7-10-14-18)27(19-15-11-8-12-16-19)23(28)22(20)25(3,4)26(24,5)6/h7-17H,1-6H3. The minimum atomic E-state index is -0.228. The van der Waals surface area contributed by atoms with E-state index in [1.807, 2.05) is 53.1 Å². The molecule has 144 valence electrons. The van der Waals surface area contributed by atoms with Crippen LogP contribution in [0, 0.1) is 5.41 Å². The molecule has 0 unspecified atom stereocenters. The van der Waals surface area contributed by atoms with E-state index >= 15 is 0 Å². The largest absolute Gasteiger partial charge is 0.277 e. The Morgan fingerprint density at radius 1 is 0.714 bits per heavy atom. The van der Waals surface area contributed by atoms with Gasteiger partial charge in [-0.3, -0.25) is 9.36 Å². The summed E-state index contributed by atoms with van der Waals surface area (Å²) in [4.78, 5) is 14.0. The Morgan fingerprint density at radius 2 is 1.25 bits per heavy atom. The number of para-hydroxylation sites is 1. The lowest BCUT2D eigenvalue weighted by Crippen LogP contribution is -2.43. The molecule has 0 saturated carbocycles.